The standard InChI is InChI=1S/C10H17N5O4S/c1-18-9-11-8(12-10(13-9)19-2)14-4-6-15(7-5-14)20(3,16)17/h4-7H2,1-3H3. The highest BCUT2D eigenvalue weighted by atomic mass is 32.2. The number of piperazine rings is 1. The molecule has 10 heteroatoms. The lowest BCUT2D eigenvalue weighted by atomic mass is 10.4. The maximum Gasteiger partial charge on any atom is 0.324 e. The zero-order valence-corrected chi connectivity index (χ0v) is 12.4. The fourth-order valence-corrected chi connectivity index (χ4v) is 2.70. The van der Waals surface area contributed by atoms with Crippen LogP contribution in [0.3, 0.4) is 0 Å². The number of ether oxygens (including phenoxy) is 2. The van der Waals surface area contributed by atoms with Crippen LogP contribution in [0.2, 0.25) is 0 Å². The monoisotopic (exact) mass is 303 g/mol. The van der Waals surface area contributed by atoms with Crippen molar-refractivity contribution >= 4 is 16.0 Å². The molecule has 0 atom stereocenters. The van der Waals surface area contributed by atoms with Gasteiger partial charge in [-0.3, -0.25) is 0 Å². The molecule has 0 N–H and O–H groups in total. The SMILES string of the molecule is COc1nc(OC)nc(N2CCN(S(C)(=O)=O)CC2)n1. The summed E-state index contributed by atoms with van der Waals surface area (Å²) in [5.41, 5.74) is 0. The van der Waals surface area contributed by atoms with Crippen LogP contribution in [0.25, 0.3) is 0 Å². The molecule has 112 valence electrons. The molecule has 0 amide bonds. The topological polar surface area (TPSA) is 97.8 Å². The average Bonchev–Trinajstić information content (AvgIpc) is 2.46. The van der Waals surface area contributed by atoms with E-state index in [4.69, 9.17) is 9.47 Å². The molecule has 1 aromatic rings. The number of nitrogens with zero attached hydrogens (tertiary/aromatic N) is 5. The number of aromatic nitrogens is 3. The van der Waals surface area contributed by atoms with Crippen LogP contribution in [0.1, 0.15) is 0 Å². The van der Waals surface area contributed by atoms with Gasteiger partial charge in [-0.25, -0.2) is 8.42 Å². The van der Waals surface area contributed by atoms with E-state index >= 15 is 0 Å². The van der Waals surface area contributed by atoms with Gasteiger partial charge in [0.2, 0.25) is 16.0 Å². The number of methoxy groups -OCH3 is 2. The highest BCUT2D eigenvalue weighted by Gasteiger charge is 2.25. The van der Waals surface area contributed by atoms with Crippen LogP contribution in [-0.2, 0) is 10.0 Å². The Bertz CT molecular complexity index is 549. The lowest BCUT2D eigenvalue weighted by Crippen LogP contribution is -2.48. The molecule has 0 bridgehead atoms. The van der Waals surface area contributed by atoms with Gasteiger partial charge in [-0.2, -0.15) is 14.3 Å². The van der Waals surface area contributed by atoms with Crippen LogP contribution in [0.5, 0.6) is 12.0 Å². The molecule has 1 fully saturated rings. The van der Waals surface area contributed by atoms with Gasteiger partial charge >= 0.3 is 12.0 Å². The van der Waals surface area contributed by atoms with Crippen molar-refractivity contribution in [2.75, 3.05) is 51.6 Å². The molecule has 1 aliphatic rings. The van der Waals surface area contributed by atoms with Crippen LogP contribution in [-0.4, -0.2) is 74.3 Å². The van der Waals surface area contributed by atoms with Crippen LogP contribution in [0.15, 0.2) is 0 Å². The van der Waals surface area contributed by atoms with Crippen molar-refractivity contribution in [1.29, 1.82) is 0 Å². The van der Waals surface area contributed by atoms with Gasteiger partial charge < -0.3 is 14.4 Å². The van der Waals surface area contributed by atoms with Crippen molar-refractivity contribution < 1.29 is 17.9 Å². The molecule has 9 nitrogen and oxygen atoms in total. The molecular weight excluding hydrogens is 286 g/mol. The van der Waals surface area contributed by atoms with E-state index in [1.165, 1.54) is 24.8 Å². The predicted molar refractivity (Wildman–Crippen MR) is 71.6 cm³/mol. The molecule has 2 rings (SSSR count). The average molecular weight is 303 g/mol. The fourth-order valence-electron chi connectivity index (χ4n) is 1.87. The first-order valence-corrected chi connectivity index (χ1v) is 7.83. The Hall–Kier alpha value is -1.68. The number of rotatable bonds is 4. The van der Waals surface area contributed by atoms with E-state index in [1.54, 1.807) is 0 Å². The van der Waals surface area contributed by atoms with Crippen molar-refractivity contribution in [2.24, 2.45) is 0 Å². The molecule has 0 aromatic carbocycles. The molecule has 0 radical (unpaired) electrons. The molecule has 0 spiro atoms. The Morgan fingerprint density at radius 1 is 0.950 bits per heavy atom. The zero-order valence-electron chi connectivity index (χ0n) is 11.6. The van der Waals surface area contributed by atoms with Gasteiger partial charge in [0.25, 0.3) is 0 Å². The van der Waals surface area contributed by atoms with E-state index in [1.807, 2.05) is 4.90 Å². The lowest BCUT2D eigenvalue weighted by Gasteiger charge is -2.33. The van der Waals surface area contributed by atoms with E-state index in [2.05, 4.69) is 15.0 Å². The lowest BCUT2D eigenvalue weighted by molar-refractivity contribution is 0.336. The summed E-state index contributed by atoms with van der Waals surface area (Å²) in [6.07, 6.45) is 1.21. The largest absolute Gasteiger partial charge is 0.467 e. The van der Waals surface area contributed by atoms with E-state index in [0.717, 1.165) is 0 Å². The highest BCUT2D eigenvalue weighted by Crippen LogP contribution is 2.18. The highest BCUT2D eigenvalue weighted by molar-refractivity contribution is 7.88. The molecule has 0 saturated carbocycles. The predicted octanol–water partition coefficient (Wildman–Crippen LogP) is -1.03. The molecule has 2 heterocycles. The first kappa shape index (κ1) is 14.7. The van der Waals surface area contributed by atoms with Gasteiger partial charge in [0.1, 0.15) is 0 Å². The van der Waals surface area contributed by atoms with Crippen LogP contribution in [0, 0.1) is 0 Å². The van der Waals surface area contributed by atoms with E-state index in [0.29, 0.717) is 32.1 Å². The fraction of sp³-hybridized carbons (Fsp3) is 0.700. The smallest absolute Gasteiger partial charge is 0.324 e. The molecule has 0 aliphatic carbocycles. The van der Waals surface area contributed by atoms with Crippen molar-refractivity contribution in [3.63, 3.8) is 0 Å². The van der Waals surface area contributed by atoms with Gasteiger partial charge in [0.05, 0.1) is 20.5 Å². The third-order valence-electron chi connectivity index (χ3n) is 2.94. The quantitative estimate of drug-likeness (QED) is 0.696. The Balaban J connectivity index is 2.14. The Kier molecular flexibility index (Phi) is 4.23. The minimum atomic E-state index is -3.15. The maximum absolute atomic E-state index is 11.5. The first-order chi connectivity index (χ1) is 9.44. The van der Waals surface area contributed by atoms with E-state index in [-0.39, 0.29) is 12.0 Å². The van der Waals surface area contributed by atoms with Crippen LogP contribution < -0.4 is 14.4 Å². The van der Waals surface area contributed by atoms with Crippen molar-refractivity contribution in [3.05, 3.63) is 0 Å². The third-order valence-corrected chi connectivity index (χ3v) is 4.24. The van der Waals surface area contributed by atoms with E-state index < -0.39 is 10.0 Å². The summed E-state index contributed by atoms with van der Waals surface area (Å²) in [5, 5.41) is 0. The van der Waals surface area contributed by atoms with Crippen LogP contribution >= 0.6 is 0 Å². The zero-order chi connectivity index (χ0) is 14.8. The molecule has 1 saturated heterocycles. The Morgan fingerprint density at radius 3 is 1.85 bits per heavy atom. The minimum Gasteiger partial charge on any atom is -0.467 e. The molecule has 1 aliphatic heterocycles. The molecule has 0 unspecified atom stereocenters. The normalized spacial score (nSPS) is 17.1. The molecular formula is C10H17N5O4S. The third kappa shape index (κ3) is 3.25. The Labute approximate surface area is 117 Å². The molecule has 20 heavy (non-hydrogen) atoms. The maximum atomic E-state index is 11.5. The summed E-state index contributed by atoms with van der Waals surface area (Å²) in [7, 11) is -0.236. The number of sulfonamides is 1. The summed E-state index contributed by atoms with van der Waals surface area (Å²) in [6, 6.07) is 0.329. The minimum absolute atomic E-state index is 0.164. The molecule has 1 aromatic heterocycles. The first-order valence-electron chi connectivity index (χ1n) is 5.98. The number of anilines is 1. The second kappa shape index (κ2) is 5.75. The van der Waals surface area contributed by atoms with Gasteiger partial charge in [0.15, 0.2) is 0 Å². The summed E-state index contributed by atoms with van der Waals surface area (Å²) in [4.78, 5) is 14.1. The van der Waals surface area contributed by atoms with Crippen LogP contribution in [0.4, 0.5) is 5.95 Å². The van der Waals surface area contributed by atoms with Crippen molar-refractivity contribution in [1.82, 2.24) is 19.3 Å². The summed E-state index contributed by atoms with van der Waals surface area (Å²) < 4.78 is 34.3. The van der Waals surface area contributed by atoms with Gasteiger partial charge in [-0.15, -0.1) is 4.98 Å². The number of hydrogen-bond acceptors (Lipinski definition) is 8. The van der Waals surface area contributed by atoms with Crippen molar-refractivity contribution in [3.8, 4) is 12.0 Å². The summed E-state index contributed by atoms with van der Waals surface area (Å²) in [6.45, 7) is 1.80. The number of hydrogen-bond donors (Lipinski definition) is 0. The second-order valence-electron chi connectivity index (χ2n) is 4.26. The summed E-state index contributed by atoms with van der Waals surface area (Å²) in [5.74, 6) is 0.418. The Morgan fingerprint density at radius 2 is 1.45 bits per heavy atom. The van der Waals surface area contributed by atoms with Gasteiger partial charge in [-0.1, -0.05) is 0 Å². The van der Waals surface area contributed by atoms with Gasteiger partial charge in [0, 0.05) is 26.2 Å². The summed E-state index contributed by atoms with van der Waals surface area (Å²) >= 11 is 0. The van der Waals surface area contributed by atoms with Crippen molar-refractivity contribution in [2.45, 2.75) is 0 Å². The van der Waals surface area contributed by atoms with Gasteiger partial charge in [-0.05, 0) is 0 Å². The van der Waals surface area contributed by atoms with E-state index in [9.17, 15) is 8.42 Å². The second-order valence-corrected chi connectivity index (χ2v) is 6.24.